The first kappa shape index (κ1) is 17.2. The minimum absolute atomic E-state index is 0.0249. The summed E-state index contributed by atoms with van der Waals surface area (Å²) in [4.78, 5) is 12.0. The molecule has 20 heavy (non-hydrogen) atoms. The van der Waals surface area contributed by atoms with E-state index in [1.807, 2.05) is 13.8 Å². The summed E-state index contributed by atoms with van der Waals surface area (Å²) < 4.78 is 5.80. The number of urea groups is 1. The van der Waals surface area contributed by atoms with Gasteiger partial charge >= 0.3 is 6.03 Å². The summed E-state index contributed by atoms with van der Waals surface area (Å²) in [6.45, 7) is 8.96. The maximum absolute atomic E-state index is 12.0. The van der Waals surface area contributed by atoms with Crippen LogP contribution in [0.15, 0.2) is 0 Å². The van der Waals surface area contributed by atoms with Crippen molar-refractivity contribution in [1.82, 2.24) is 10.6 Å². The second-order valence-corrected chi connectivity index (χ2v) is 5.58. The van der Waals surface area contributed by atoms with Crippen molar-refractivity contribution in [3.8, 4) is 0 Å². The van der Waals surface area contributed by atoms with Crippen LogP contribution in [0.5, 0.6) is 0 Å². The fourth-order valence-corrected chi connectivity index (χ4v) is 3.25. The molecule has 0 saturated heterocycles. The standard InChI is InChI=1S/C15H30N2O3/c1-5-11(10-18)16-14(19)17-12-9-13(20-8-4)15(12,6-2)7-3/h11-13,18H,5-10H2,1-4H3,(H2,16,17,19). The minimum atomic E-state index is -0.183. The van der Waals surface area contributed by atoms with Gasteiger partial charge in [-0.05, 0) is 32.6 Å². The van der Waals surface area contributed by atoms with E-state index in [2.05, 4.69) is 24.5 Å². The summed E-state index contributed by atoms with van der Waals surface area (Å²) in [7, 11) is 0. The van der Waals surface area contributed by atoms with Crippen molar-refractivity contribution < 1.29 is 14.6 Å². The topological polar surface area (TPSA) is 70.6 Å². The van der Waals surface area contributed by atoms with Gasteiger partial charge in [0, 0.05) is 18.1 Å². The number of hydrogen-bond acceptors (Lipinski definition) is 3. The summed E-state index contributed by atoms with van der Waals surface area (Å²) in [5.74, 6) is 0. The Balaban J connectivity index is 2.57. The number of amides is 2. The van der Waals surface area contributed by atoms with Crippen molar-refractivity contribution in [3.63, 3.8) is 0 Å². The molecule has 2 amide bonds. The van der Waals surface area contributed by atoms with E-state index in [1.54, 1.807) is 0 Å². The van der Waals surface area contributed by atoms with Crippen molar-refractivity contribution in [2.45, 2.75) is 71.6 Å². The van der Waals surface area contributed by atoms with Gasteiger partial charge in [-0.2, -0.15) is 0 Å². The third-order valence-electron chi connectivity index (χ3n) is 4.82. The Bertz CT molecular complexity index is 301. The molecule has 1 aliphatic rings. The average molecular weight is 286 g/mol. The monoisotopic (exact) mass is 286 g/mol. The van der Waals surface area contributed by atoms with Crippen LogP contribution in [0.2, 0.25) is 0 Å². The van der Waals surface area contributed by atoms with E-state index < -0.39 is 0 Å². The third kappa shape index (κ3) is 3.44. The van der Waals surface area contributed by atoms with Crippen molar-refractivity contribution in [3.05, 3.63) is 0 Å². The number of nitrogens with one attached hydrogen (secondary N) is 2. The van der Waals surface area contributed by atoms with Gasteiger partial charge in [0.15, 0.2) is 0 Å². The zero-order valence-electron chi connectivity index (χ0n) is 13.2. The molecule has 118 valence electrons. The van der Waals surface area contributed by atoms with Crippen molar-refractivity contribution >= 4 is 6.03 Å². The zero-order valence-corrected chi connectivity index (χ0v) is 13.2. The average Bonchev–Trinajstić information content (AvgIpc) is 2.45. The third-order valence-corrected chi connectivity index (χ3v) is 4.82. The molecule has 3 unspecified atom stereocenters. The zero-order chi connectivity index (χ0) is 15.2. The molecule has 0 aliphatic heterocycles. The smallest absolute Gasteiger partial charge is 0.315 e. The van der Waals surface area contributed by atoms with Crippen LogP contribution in [0.25, 0.3) is 0 Å². The lowest BCUT2D eigenvalue weighted by molar-refractivity contribution is -0.134. The van der Waals surface area contributed by atoms with Gasteiger partial charge in [-0.15, -0.1) is 0 Å². The Morgan fingerprint density at radius 2 is 2.00 bits per heavy atom. The Morgan fingerprint density at radius 1 is 1.35 bits per heavy atom. The highest BCUT2D eigenvalue weighted by Crippen LogP contribution is 2.48. The predicted molar refractivity (Wildman–Crippen MR) is 79.7 cm³/mol. The lowest BCUT2D eigenvalue weighted by Crippen LogP contribution is -2.65. The van der Waals surface area contributed by atoms with Gasteiger partial charge in [0.25, 0.3) is 0 Å². The van der Waals surface area contributed by atoms with Crippen LogP contribution >= 0.6 is 0 Å². The SMILES string of the molecule is CCOC1CC(NC(=O)NC(CC)CO)C1(CC)CC. The molecule has 3 atom stereocenters. The summed E-state index contributed by atoms with van der Waals surface area (Å²) in [6, 6.07) is -0.196. The van der Waals surface area contributed by atoms with E-state index in [1.165, 1.54) is 0 Å². The van der Waals surface area contributed by atoms with Crippen LogP contribution < -0.4 is 10.6 Å². The maximum atomic E-state index is 12.0. The second kappa shape index (κ2) is 7.84. The van der Waals surface area contributed by atoms with E-state index in [9.17, 15) is 4.79 Å². The number of hydrogen-bond donors (Lipinski definition) is 3. The highest BCUT2D eigenvalue weighted by molar-refractivity contribution is 5.74. The maximum Gasteiger partial charge on any atom is 0.315 e. The number of ether oxygens (including phenoxy) is 1. The van der Waals surface area contributed by atoms with Crippen molar-refractivity contribution in [2.75, 3.05) is 13.2 Å². The first-order valence-electron chi connectivity index (χ1n) is 7.87. The lowest BCUT2D eigenvalue weighted by atomic mass is 9.58. The molecule has 0 bridgehead atoms. The molecule has 0 spiro atoms. The van der Waals surface area contributed by atoms with E-state index in [0.717, 1.165) is 25.7 Å². The molecule has 1 aliphatic carbocycles. The molecule has 1 fully saturated rings. The van der Waals surface area contributed by atoms with Gasteiger partial charge < -0.3 is 20.5 Å². The van der Waals surface area contributed by atoms with Gasteiger partial charge in [0.05, 0.1) is 18.8 Å². The van der Waals surface area contributed by atoms with E-state index in [-0.39, 0.29) is 36.2 Å². The molecule has 3 N–H and O–H groups in total. The highest BCUT2D eigenvalue weighted by Gasteiger charge is 2.53. The normalized spacial score (nSPS) is 25.6. The molecule has 5 heteroatoms. The predicted octanol–water partition coefficient (Wildman–Crippen LogP) is 2.04. The van der Waals surface area contributed by atoms with Crippen molar-refractivity contribution in [1.29, 1.82) is 0 Å². The summed E-state index contributed by atoms with van der Waals surface area (Å²) in [5.41, 5.74) is 0.0499. The number of carbonyl (C=O) groups is 1. The number of carbonyl (C=O) groups excluding carboxylic acids is 1. The molecule has 0 radical (unpaired) electrons. The van der Waals surface area contributed by atoms with Crippen LogP contribution in [0.3, 0.4) is 0 Å². The molecular formula is C15H30N2O3. The molecule has 0 heterocycles. The molecular weight excluding hydrogens is 256 g/mol. The molecule has 5 nitrogen and oxygen atoms in total. The largest absolute Gasteiger partial charge is 0.394 e. The van der Waals surface area contributed by atoms with Gasteiger partial charge in [0.2, 0.25) is 0 Å². The summed E-state index contributed by atoms with van der Waals surface area (Å²) in [6.07, 6.45) is 3.83. The number of rotatable bonds is 8. The van der Waals surface area contributed by atoms with Crippen LogP contribution in [0.1, 0.15) is 53.4 Å². The van der Waals surface area contributed by atoms with Crippen molar-refractivity contribution in [2.24, 2.45) is 5.41 Å². The van der Waals surface area contributed by atoms with E-state index >= 15 is 0 Å². The fourth-order valence-electron chi connectivity index (χ4n) is 3.25. The first-order chi connectivity index (χ1) is 9.57. The first-order valence-corrected chi connectivity index (χ1v) is 7.87. The Morgan fingerprint density at radius 3 is 2.45 bits per heavy atom. The quantitative estimate of drug-likeness (QED) is 0.639. The molecule has 0 aromatic rings. The van der Waals surface area contributed by atoms with Gasteiger partial charge in [-0.25, -0.2) is 4.79 Å². The number of aliphatic hydroxyl groups excluding tert-OH is 1. The van der Waals surface area contributed by atoms with Gasteiger partial charge in [-0.3, -0.25) is 0 Å². The second-order valence-electron chi connectivity index (χ2n) is 5.58. The highest BCUT2D eigenvalue weighted by atomic mass is 16.5. The van der Waals surface area contributed by atoms with E-state index in [4.69, 9.17) is 9.84 Å². The Kier molecular flexibility index (Phi) is 6.76. The Hall–Kier alpha value is -0.810. The molecule has 0 aromatic carbocycles. The van der Waals surface area contributed by atoms with Crippen LogP contribution in [0, 0.1) is 5.41 Å². The minimum Gasteiger partial charge on any atom is -0.394 e. The Labute approximate surface area is 122 Å². The number of aliphatic hydroxyl groups is 1. The summed E-state index contributed by atoms with van der Waals surface area (Å²) in [5, 5.41) is 15.0. The molecule has 1 rings (SSSR count). The van der Waals surface area contributed by atoms with Gasteiger partial charge in [-0.1, -0.05) is 20.8 Å². The van der Waals surface area contributed by atoms with E-state index in [0.29, 0.717) is 6.61 Å². The molecule has 0 aromatic heterocycles. The van der Waals surface area contributed by atoms with Crippen LogP contribution in [0.4, 0.5) is 4.79 Å². The summed E-state index contributed by atoms with van der Waals surface area (Å²) >= 11 is 0. The van der Waals surface area contributed by atoms with Gasteiger partial charge in [0.1, 0.15) is 0 Å². The molecule has 1 saturated carbocycles. The van der Waals surface area contributed by atoms with Crippen LogP contribution in [-0.2, 0) is 4.74 Å². The fraction of sp³-hybridized carbons (Fsp3) is 0.933. The lowest BCUT2D eigenvalue weighted by Gasteiger charge is -2.55. The van der Waals surface area contributed by atoms with Crippen LogP contribution in [-0.4, -0.2) is 42.5 Å².